The van der Waals surface area contributed by atoms with Crippen LogP contribution in [0.25, 0.3) is 11.0 Å². The summed E-state index contributed by atoms with van der Waals surface area (Å²) in [5, 5.41) is 19.0. The van der Waals surface area contributed by atoms with Crippen molar-refractivity contribution >= 4 is 72.7 Å². The third-order valence-electron chi connectivity index (χ3n) is 9.10. The van der Waals surface area contributed by atoms with Crippen LogP contribution in [0.3, 0.4) is 0 Å². The van der Waals surface area contributed by atoms with Crippen LogP contribution in [0.5, 0.6) is 0 Å². The van der Waals surface area contributed by atoms with Crippen LogP contribution >= 0.6 is 49.9 Å². The molecule has 3 aromatic rings. The zero-order chi connectivity index (χ0) is 37.7. The number of nitrogens with zero attached hydrogens (tertiary/aromatic N) is 6. The monoisotopic (exact) mass is 836 g/mol. The van der Waals surface area contributed by atoms with Crippen molar-refractivity contribution < 1.29 is 46.6 Å². The van der Waals surface area contributed by atoms with Crippen molar-refractivity contribution in [3.8, 4) is 0 Å². The van der Waals surface area contributed by atoms with Gasteiger partial charge in [-0.25, -0.2) is 28.5 Å². The number of aliphatic imine (C=N–C) groups is 1. The van der Waals surface area contributed by atoms with E-state index in [9.17, 15) is 19.1 Å². The molecule has 4 aliphatic rings. The quantitative estimate of drug-likeness (QED) is 0.0532. The summed E-state index contributed by atoms with van der Waals surface area (Å²) in [6.07, 6.45) is -2.44. The Morgan fingerprint density at radius 1 is 1.19 bits per heavy atom. The molecule has 0 aliphatic carbocycles. The molecular formula is C28H39FN10O9P2S3. The van der Waals surface area contributed by atoms with Crippen LogP contribution in [-0.4, -0.2) is 103 Å². The third-order valence-corrected chi connectivity index (χ3v) is 12.6. The topological polar surface area (TPSA) is 258 Å². The zero-order valence-electron chi connectivity index (χ0n) is 27.8. The molecule has 4 aliphatic heterocycles. The van der Waals surface area contributed by atoms with Crippen LogP contribution in [0, 0.1) is 5.92 Å². The maximum Gasteiger partial charge on any atom is 0.386 e. The van der Waals surface area contributed by atoms with Gasteiger partial charge in [0.15, 0.2) is 30.4 Å². The standard InChI is InChI=1S/C28H39FN10O9P2S3/c1-2-14-15(46-26(18(14)29)38-8-13-4-3-7-53-25-17(13)23(38)33-11-34-25)9-45-50(43,52)48-21-20(40)16(10-44-49(41,42)51)47-27(21)39-12-35-19-22(31)36-28(32-6-5-30)37-24(19)39/h2,8,11-12,14-16,18,20-22,26-27,40H,1,3-7,9-10,30-31H2,(H,43,52)(H2,32,36,37)(H2,41,42,51)/t14-,15-,16-,18-,20-,21-,22?,26-,27-,50?/m1/s1. The zero-order valence-corrected chi connectivity index (χ0v) is 32.2. The highest BCUT2D eigenvalue weighted by Crippen LogP contribution is 2.58. The molecule has 0 saturated carbocycles. The van der Waals surface area contributed by atoms with E-state index in [1.165, 1.54) is 23.3 Å². The number of hydrogen-bond acceptors (Lipinski definition) is 17. The van der Waals surface area contributed by atoms with Crippen molar-refractivity contribution in [3.63, 3.8) is 0 Å². The Kier molecular flexibility index (Phi) is 11.7. The molecule has 19 nitrogen and oxygen atoms in total. The van der Waals surface area contributed by atoms with E-state index in [1.807, 2.05) is 6.20 Å². The van der Waals surface area contributed by atoms with Crippen molar-refractivity contribution in [1.82, 2.24) is 34.7 Å². The first-order valence-electron chi connectivity index (χ1n) is 16.5. The fraction of sp³-hybridized carbons (Fsp3) is 0.571. The van der Waals surface area contributed by atoms with Gasteiger partial charge in [-0.2, -0.15) is 4.99 Å². The van der Waals surface area contributed by atoms with E-state index in [4.69, 9.17) is 34.5 Å². The molecule has 2 saturated heterocycles. The molecule has 0 aromatic carbocycles. The van der Waals surface area contributed by atoms with E-state index in [1.54, 1.807) is 16.3 Å². The molecule has 25 heteroatoms. The average Bonchev–Trinajstić information content (AvgIpc) is 3.82. The molecule has 3 aromatic heterocycles. The Morgan fingerprint density at radius 3 is 2.72 bits per heavy atom. The molecule has 290 valence electrons. The molecule has 7 heterocycles. The van der Waals surface area contributed by atoms with Gasteiger partial charge in [-0.15, -0.1) is 18.3 Å². The van der Waals surface area contributed by atoms with Crippen LogP contribution in [-0.2, 0) is 38.6 Å². The van der Waals surface area contributed by atoms with Gasteiger partial charge < -0.3 is 46.1 Å². The number of aromatic nitrogens is 5. The Morgan fingerprint density at radius 2 is 1.96 bits per heavy atom. The van der Waals surface area contributed by atoms with Gasteiger partial charge in [0.25, 0.3) is 0 Å². The van der Waals surface area contributed by atoms with Crippen LogP contribution < -0.4 is 22.1 Å². The van der Waals surface area contributed by atoms with Crippen molar-refractivity contribution in [3.05, 3.63) is 42.8 Å². The highest BCUT2D eigenvalue weighted by atomic mass is 32.7. The number of nitrogens with two attached hydrogens (primary N) is 2. The van der Waals surface area contributed by atoms with Crippen LogP contribution in [0.15, 0.2) is 41.5 Å². The molecule has 3 unspecified atom stereocenters. The molecule has 0 amide bonds. The van der Waals surface area contributed by atoms with E-state index in [0.717, 1.165) is 34.6 Å². The molecule has 0 radical (unpaired) electrons. The van der Waals surface area contributed by atoms with E-state index in [2.05, 4.69) is 61.7 Å². The summed E-state index contributed by atoms with van der Waals surface area (Å²) in [5.74, 6) is 0.520. The van der Waals surface area contributed by atoms with E-state index >= 15 is 4.39 Å². The predicted octanol–water partition coefficient (Wildman–Crippen LogP) is 2.25. The number of alkyl halides is 1. The number of aliphatic hydroxyl groups excluding tert-OH is 1. The highest BCUT2D eigenvalue weighted by molar-refractivity contribution is 8.44. The van der Waals surface area contributed by atoms with E-state index < -0.39 is 81.9 Å². The molecule has 2 fully saturated rings. The highest BCUT2D eigenvalue weighted by Gasteiger charge is 2.51. The number of guanidine groups is 1. The predicted molar refractivity (Wildman–Crippen MR) is 198 cm³/mol. The number of aliphatic hydroxyl groups is 1. The van der Waals surface area contributed by atoms with Gasteiger partial charge in [0, 0.05) is 25.2 Å². The van der Waals surface area contributed by atoms with Gasteiger partial charge in [0.05, 0.1) is 31.0 Å². The number of fused-ring (bicyclic) bond motifs is 1. The Labute approximate surface area is 317 Å². The summed E-state index contributed by atoms with van der Waals surface area (Å²) in [5.41, 5.74) is 13.7. The van der Waals surface area contributed by atoms with E-state index in [0.29, 0.717) is 24.4 Å². The van der Waals surface area contributed by atoms with Gasteiger partial charge in [0.1, 0.15) is 47.2 Å². The van der Waals surface area contributed by atoms with E-state index in [-0.39, 0.29) is 11.8 Å². The van der Waals surface area contributed by atoms with Crippen LogP contribution in [0.2, 0.25) is 0 Å². The number of imidazole rings is 1. The van der Waals surface area contributed by atoms with Crippen molar-refractivity contribution in [2.24, 2.45) is 22.4 Å². The summed E-state index contributed by atoms with van der Waals surface area (Å²) in [6, 6.07) is 0. The van der Waals surface area contributed by atoms with Crippen LogP contribution in [0.4, 0.5) is 10.2 Å². The van der Waals surface area contributed by atoms with Gasteiger partial charge >= 0.3 is 13.6 Å². The number of halogens is 1. The van der Waals surface area contributed by atoms with Gasteiger partial charge in [-0.3, -0.25) is 18.1 Å². The lowest BCUT2D eigenvalue weighted by Gasteiger charge is -2.27. The summed E-state index contributed by atoms with van der Waals surface area (Å²) in [7, 11) is 0. The van der Waals surface area contributed by atoms with Crippen molar-refractivity contribution in [2.45, 2.75) is 67.1 Å². The summed E-state index contributed by atoms with van der Waals surface area (Å²) in [6.45, 7) is -5.28. The fourth-order valence-corrected chi connectivity index (χ4v) is 9.66. The normalized spacial score (nSPS) is 32.0. The smallest absolute Gasteiger partial charge is 0.386 e. The fourth-order valence-electron chi connectivity index (χ4n) is 6.69. The molecule has 0 bridgehead atoms. The molecule has 7 rings (SSSR count). The summed E-state index contributed by atoms with van der Waals surface area (Å²) >= 11 is 9.33. The first-order chi connectivity index (χ1) is 25.3. The second-order valence-corrected chi connectivity index (χ2v) is 19.3. The minimum absolute atomic E-state index is 0.205. The van der Waals surface area contributed by atoms with Gasteiger partial charge in [-0.1, -0.05) is 30.6 Å². The largest absolute Gasteiger partial charge is 0.387 e. The Balaban J connectivity index is 1.11. The maximum atomic E-state index is 16.1. The van der Waals surface area contributed by atoms with Gasteiger partial charge in [-0.05, 0) is 24.2 Å². The lowest BCUT2D eigenvalue weighted by molar-refractivity contribution is -0.0494. The van der Waals surface area contributed by atoms with Crippen molar-refractivity contribution in [1.29, 1.82) is 0 Å². The number of ether oxygens (including phenoxy) is 2. The molecule has 8 N–H and O–H groups in total. The number of rotatable bonds is 13. The summed E-state index contributed by atoms with van der Waals surface area (Å²) < 4.78 is 73.4. The Bertz CT molecular complexity index is 1970. The minimum Gasteiger partial charge on any atom is -0.387 e. The third kappa shape index (κ3) is 8.11. The SMILES string of the molecule is C=C[C@H]1[C@@H](F)[C@H](n2cc3c4c(ncnc42)SCCC3)O[C@@H]1COP(=O)(S)O[C@@H]1[C@H](O)[C@@H](COP(=O)(O)S)O[C@H]1n1cnc2c1N=C(NCCN)NC2N. The number of aryl methyl sites for hydroxylation is 1. The Hall–Kier alpha value is -2.08. The molecule has 11 atom stereocenters. The number of nitrogens with one attached hydrogen (secondary N) is 2. The van der Waals surface area contributed by atoms with Gasteiger partial charge in [0.2, 0.25) is 0 Å². The number of thioether (sulfide) groups is 1. The lowest BCUT2D eigenvalue weighted by Crippen LogP contribution is -2.46. The maximum absolute atomic E-state index is 16.1. The molecule has 53 heavy (non-hydrogen) atoms. The molecule has 0 spiro atoms. The molecular weight excluding hydrogens is 798 g/mol. The minimum atomic E-state index is -4.41. The number of thiol groups is 2. The van der Waals surface area contributed by atoms with Crippen molar-refractivity contribution in [2.75, 3.05) is 32.1 Å². The number of hydrogen-bond donors (Lipinski definition) is 8. The first kappa shape index (κ1) is 39.2. The second kappa shape index (κ2) is 15.8. The first-order valence-corrected chi connectivity index (χ1v) is 22.9. The lowest BCUT2D eigenvalue weighted by atomic mass is 10.00. The van der Waals surface area contributed by atoms with Crippen LogP contribution in [0.1, 0.15) is 36.3 Å². The summed E-state index contributed by atoms with van der Waals surface area (Å²) in [4.78, 5) is 27.3. The second-order valence-electron chi connectivity index (χ2n) is 12.5. The average molecular weight is 837 g/mol.